The monoisotopic (exact) mass is 852 g/mol. The molecule has 324 valence electrons. The van der Waals surface area contributed by atoms with Gasteiger partial charge in [-0.25, -0.2) is 18.7 Å². The van der Waals surface area contributed by atoms with Gasteiger partial charge in [-0.15, -0.1) is 5.48 Å². The van der Waals surface area contributed by atoms with E-state index in [-0.39, 0.29) is 35.5 Å². The minimum Gasteiger partial charge on any atom is -0.376 e. The van der Waals surface area contributed by atoms with Crippen LogP contribution in [-0.4, -0.2) is 75.1 Å². The Balaban J connectivity index is 1.03. The number of carbonyl (C=O) groups is 2. The number of nitrogens with one attached hydrogen (secondary N) is 2. The van der Waals surface area contributed by atoms with Crippen molar-refractivity contribution in [3.05, 3.63) is 123 Å². The number of halogens is 1. The number of imidazole rings is 1. The lowest BCUT2D eigenvalue weighted by molar-refractivity contribution is -0.0592. The fourth-order valence-corrected chi connectivity index (χ4v) is 10.6. The van der Waals surface area contributed by atoms with E-state index in [9.17, 15) is 9.59 Å². The first kappa shape index (κ1) is 39.3. The average molecular weight is 853 g/mol. The number of aromatic nitrogens is 7. The predicted molar refractivity (Wildman–Crippen MR) is 233 cm³/mol. The quantitative estimate of drug-likeness (QED) is 0.183. The first-order valence-corrected chi connectivity index (χ1v) is 21.6. The zero-order valence-corrected chi connectivity index (χ0v) is 36.1. The highest BCUT2D eigenvalue weighted by atomic mass is 19.1. The number of rotatable bonds is 7. The zero-order valence-electron chi connectivity index (χ0n) is 36.1. The van der Waals surface area contributed by atoms with Crippen molar-refractivity contribution in [1.29, 1.82) is 0 Å². The molecule has 3 aliphatic heterocycles. The summed E-state index contributed by atoms with van der Waals surface area (Å²) in [7, 11) is 1.87. The third-order valence-electron chi connectivity index (χ3n) is 14.0. The predicted octanol–water partition coefficient (Wildman–Crippen LogP) is 6.59. The SMILES string of the molecule is Cc1cc(-n2nc3c(c2-n2ccn(-c4ccc5c(cnn5C)c4)c2=O)CN(C(=O)c2cc4cc([C@H]5CCOC(C)(C)C5)ccc4n2[C@@]2(C4NOC(=O)N4)C[C@@H]2C)CC3)cc(C)c1F. The van der Waals surface area contributed by atoms with Crippen LogP contribution in [0.2, 0.25) is 0 Å². The van der Waals surface area contributed by atoms with Gasteiger partial charge in [0.15, 0.2) is 0 Å². The van der Waals surface area contributed by atoms with Crippen molar-refractivity contribution >= 4 is 33.8 Å². The van der Waals surface area contributed by atoms with Crippen LogP contribution in [0.5, 0.6) is 0 Å². The van der Waals surface area contributed by atoms with Crippen molar-refractivity contribution in [2.75, 3.05) is 13.2 Å². The summed E-state index contributed by atoms with van der Waals surface area (Å²) in [5.41, 5.74) is 8.85. The molecule has 4 atom stereocenters. The molecule has 11 rings (SSSR count). The second-order valence-electron chi connectivity index (χ2n) is 18.5. The number of aryl methyl sites for hydroxylation is 3. The van der Waals surface area contributed by atoms with Crippen LogP contribution < -0.4 is 16.5 Å². The number of hydroxylamine groups is 1. The highest BCUT2D eigenvalue weighted by Gasteiger charge is 2.62. The van der Waals surface area contributed by atoms with Crippen LogP contribution in [0.1, 0.15) is 84.4 Å². The summed E-state index contributed by atoms with van der Waals surface area (Å²) in [6.45, 7) is 11.0. The van der Waals surface area contributed by atoms with Crippen LogP contribution in [0, 0.1) is 25.6 Å². The normalized spacial score (nSPS) is 23.0. The first-order chi connectivity index (χ1) is 30.2. The Hall–Kier alpha value is -6.52. The third-order valence-corrected chi connectivity index (χ3v) is 14.0. The number of hydrogen-bond donors (Lipinski definition) is 2. The molecular weight excluding hydrogens is 804 g/mol. The summed E-state index contributed by atoms with van der Waals surface area (Å²) in [5, 5.41) is 14.2. The molecule has 2 amide bonds. The van der Waals surface area contributed by atoms with E-state index in [0.717, 1.165) is 45.9 Å². The molecular formula is C47H49FN10O5. The molecule has 7 heterocycles. The maximum Gasteiger partial charge on any atom is 0.427 e. The maximum absolute atomic E-state index is 15.3. The van der Waals surface area contributed by atoms with Crippen molar-refractivity contribution < 1.29 is 23.6 Å². The summed E-state index contributed by atoms with van der Waals surface area (Å²) < 4.78 is 29.9. The standard InChI is InChI=1S/C47H49FN10O5/c1-26-17-34(18-27(2)40(26)48)58-41(56-15-14-55(45(56)61)33-8-10-37-32(20-33)24-49-53(37)6)35-25-54(13-11-36(35)51-58)42(59)39-21-31-19-29(30-12-16-62-46(4,5)23-30)7-9-38(31)57(39)47(22-28(47)3)43-50-44(60)63-52-43/h7-10,14-15,17-21,24,28,30,43,52H,11-13,16,22-23,25H2,1-6H3,(H,50,60)/t28-,30-,43?,47-/m0/s1. The van der Waals surface area contributed by atoms with Crippen molar-refractivity contribution in [3.63, 3.8) is 0 Å². The lowest BCUT2D eigenvalue weighted by Crippen LogP contribution is -2.49. The van der Waals surface area contributed by atoms with E-state index < -0.39 is 17.8 Å². The Kier molecular flexibility index (Phi) is 8.74. The van der Waals surface area contributed by atoms with E-state index in [2.05, 4.69) is 59.4 Å². The summed E-state index contributed by atoms with van der Waals surface area (Å²) in [5.74, 6) is 0.399. The topological polar surface area (TPSA) is 147 Å². The van der Waals surface area contributed by atoms with Gasteiger partial charge in [0.25, 0.3) is 5.91 Å². The van der Waals surface area contributed by atoms with E-state index >= 15 is 9.18 Å². The van der Waals surface area contributed by atoms with Gasteiger partial charge in [0, 0.05) is 60.9 Å². The first-order valence-electron chi connectivity index (χ1n) is 21.6. The molecule has 63 heavy (non-hydrogen) atoms. The number of benzene rings is 3. The smallest absolute Gasteiger partial charge is 0.376 e. The second-order valence-corrected chi connectivity index (χ2v) is 18.5. The van der Waals surface area contributed by atoms with Gasteiger partial charge in [-0.2, -0.15) is 10.2 Å². The van der Waals surface area contributed by atoms with Crippen molar-refractivity contribution in [2.45, 2.75) is 90.1 Å². The Bertz CT molecular complexity index is 3090. The lowest BCUT2D eigenvalue weighted by Gasteiger charge is -2.35. The molecule has 1 saturated carbocycles. The lowest BCUT2D eigenvalue weighted by atomic mass is 9.83. The highest BCUT2D eigenvalue weighted by molar-refractivity contribution is 5.99. The van der Waals surface area contributed by atoms with Crippen LogP contribution in [0.15, 0.2) is 78.0 Å². The van der Waals surface area contributed by atoms with Gasteiger partial charge < -0.3 is 19.0 Å². The van der Waals surface area contributed by atoms with E-state index in [0.29, 0.717) is 65.9 Å². The minimum absolute atomic E-state index is 0.102. The number of carbonyl (C=O) groups excluding carboxylic acids is 2. The largest absolute Gasteiger partial charge is 0.427 e. The van der Waals surface area contributed by atoms with Gasteiger partial charge in [-0.05, 0) is 124 Å². The fourth-order valence-electron chi connectivity index (χ4n) is 10.6. The second kappa shape index (κ2) is 14.0. The van der Waals surface area contributed by atoms with Crippen LogP contribution >= 0.6 is 0 Å². The number of fused-ring (bicyclic) bond motifs is 3. The molecule has 7 aromatic rings. The minimum atomic E-state index is -0.675. The van der Waals surface area contributed by atoms with Gasteiger partial charge in [0.1, 0.15) is 23.5 Å². The Labute approximate surface area is 361 Å². The van der Waals surface area contributed by atoms with E-state index in [1.807, 2.05) is 36.2 Å². The maximum atomic E-state index is 15.3. The van der Waals surface area contributed by atoms with E-state index in [1.54, 1.807) is 63.1 Å². The van der Waals surface area contributed by atoms with Crippen molar-refractivity contribution in [2.24, 2.45) is 13.0 Å². The fraction of sp³-hybridized carbons (Fsp3) is 0.383. The van der Waals surface area contributed by atoms with Crippen LogP contribution in [-0.2, 0) is 35.1 Å². The van der Waals surface area contributed by atoms with Crippen LogP contribution in [0.3, 0.4) is 0 Å². The van der Waals surface area contributed by atoms with Gasteiger partial charge in [-0.1, -0.05) is 13.0 Å². The average Bonchev–Trinajstić information content (AvgIpc) is 3.88. The van der Waals surface area contributed by atoms with Crippen molar-refractivity contribution in [3.8, 4) is 17.2 Å². The molecule has 16 heteroatoms. The number of amides is 2. The molecule has 0 bridgehead atoms. The number of ether oxygens (including phenoxy) is 1. The number of hydrogen-bond acceptors (Lipinski definition) is 8. The molecule has 2 N–H and O–H groups in total. The highest BCUT2D eigenvalue weighted by Crippen LogP contribution is 2.55. The Morgan fingerprint density at radius 2 is 1.70 bits per heavy atom. The van der Waals surface area contributed by atoms with Crippen LogP contribution in [0.4, 0.5) is 9.18 Å². The molecule has 0 spiro atoms. The third kappa shape index (κ3) is 6.16. The van der Waals surface area contributed by atoms with Gasteiger partial charge in [0.2, 0.25) is 0 Å². The van der Waals surface area contributed by atoms with Gasteiger partial charge in [0.05, 0.1) is 46.5 Å². The summed E-state index contributed by atoms with van der Waals surface area (Å²) >= 11 is 0. The summed E-state index contributed by atoms with van der Waals surface area (Å²) in [4.78, 5) is 49.4. The molecule has 0 radical (unpaired) electrons. The molecule has 15 nitrogen and oxygen atoms in total. The van der Waals surface area contributed by atoms with Gasteiger partial charge in [-0.3, -0.25) is 23.9 Å². The molecule has 3 aromatic carbocycles. The molecule has 1 unspecified atom stereocenters. The zero-order chi connectivity index (χ0) is 43.7. The Morgan fingerprint density at radius 1 is 0.937 bits per heavy atom. The van der Waals surface area contributed by atoms with Crippen LogP contribution in [0.25, 0.3) is 39.0 Å². The molecule has 3 fully saturated rings. The summed E-state index contributed by atoms with van der Waals surface area (Å²) in [6.07, 6.45) is 7.01. The summed E-state index contributed by atoms with van der Waals surface area (Å²) in [6, 6.07) is 17.7. The number of nitrogens with zero attached hydrogens (tertiary/aromatic N) is 8. The Morgan fingerprint density at radius 3 is 2.43 bits per heavy atom. The molecule has 4 aromatic heterocycles. The molecule has 2 saturated heterocycles. The van der Waals surface area contributed by atoms with E-state index in [1.165, 1.54) is 5.56 Å². The van der Waals surface area contributed by atoms with Crippen molar-refractivity contribution in [1.82, 2.24) is 49.0 Å². The molecule has 1 aliphatic carbocycles. The molecule has 4 aliphatic rings. The van der Waals surface area contributed by atoms with E-state index in [4.69, 9.17) is 14.7 Å². The van der Waals surface area contributed by atoms with Gasteiger partial charge >= 0.3 is 11.8 Å².